The van der Waals surface area contributed by atoms with Crippen LogP contribution in [-0.4, -0.2) is 21.6 Å². The largest absolute Gasteiger partial charge is 0.496 e. The van der Waals surface area contributed by atoms with E-state index in [1.807, 2.05) is 18.2 Å². The quantitative estimate of drug-likeness (QED) is 0.935. The van der Waals surface area contributed by atoms with Crippen molar-refractivity contribution in [2.75, 3.05) is 7.11 Å². The lowest BCUT2D eigenvalue weighted by Gasteiger charge is -2.13. The summed E-state index contributed by atoms with van der Waals surface area (Å²) in [7, 11) is -1.94. The van der Waals surface area contributed by atoms with Gasteiger partial charge in [-0.1, -0.05) is 24.3 Å². The topological polar surface area (TPSA) is 55.4 Å². The molecule has 0 aromatic heterocycles. The van der Waals surface area contributed by atoms with E-state index < -0.39 is 10.0 Å². The number of nitrogens with one attached hydrogen (secondary N) is 1. The molecule has 0 saturated carbocycles. The molecule has 0 unspecified atom stereocenters. The minimum Gasteiger partial charge on any atom is -0.496 e. The van der Waals surface area contributed by atoms with Gasteiger partial charge in [0.05, 0.1) is 12.0 Å². The zero-order valence-electron chi connectivity index (χ0n) is 11.2. The number of benzene rings is 2. The fourth-order valence-electron chi connectivity index (χ4n) is 2.03. The Morgan fingerprint density at radius 3 is 2.26 bits per heavy atom. The van der Waals surface area contributed by atoms with Crippen molar-refractivity contribution < 1.29 is 13.2 Å². The summed E-state index contributed by atoms with van der Waals surface area (Å²) in [5, 5.41) is 1.45. The number of ether oxygens (including phenoxy) is 1. The molecular formula is C14H17NO3S. The first-order valence-corrected chi connectivity index (χ1v) is 7.52. The lowest BCUT2D eigenvalue weighted by molar-refractivity contribution is 0.419. The average molecular weight is 279 g/mol. The van der Waals surface area contributed by atoms with Crippen LogP contribution in [0, 0.1) is 0 Å². The van der Waals surface area contributed by atoms with Crippen LogP contribution in [0.3, 0.4) is 0 Å². The Morgan fingerprint density at radius 1 is 1.05 bits per heavy atom. The lowest BCUT2D eigenvalue weighted by Crippen LogP contribution is -2.30. The van der Waals surface area contributed by atoms with Gasteiger partial charge in [0.15, 0.2) is 0 Å². The fraction of sp³-hybridized carbons (Fsp3) is 0.286. The van der Waals surface area contributed by atoms with Crippen molar-refractivity contribution in [3.63, 3.8) is 0 Å². The van der Waals surface area contributed by atoms with Gasteiger partial charge < -0.3 is 4.74 Å². The van der Waals surface area contributed by atoms with Crippen molar-refractivity contribution in [3.8, 4) is 5.75 Å². The van der Waals surface area contributed by atoms with Gasteiger partial charge in [0.2, 0.25) is 10.0 Å². The molecule has 0 saturated heterocycles. The van der Waals surface area contributed by atoms with Crippen LogP contribution in [0.25, 0.3) is 10.8 Å². The second kappa shape index (κ2) is 5.19. The standard InChI is InChI=1S/C14H17NO3S/c1-10(2)15-19(16,17)14-9-8-13(18-3)11-6-4-5-7-12(11)14/h4-10,15H,1-3H3. The normalized spacial score (nSPS) is 12.0. The van der Waals surface area contributed by atoms with Gasteiger partial charge in [-0.3, -0.25) is 0 Å². The molecule has 0 aliphatic rings. The van der Waals surface area contributed by atoms with E-state index in [0.29, 0.717) is 11.1 Å². The van der Waals surface area contributed by atoms with E-state index in [2.05, 4.69) is 4.72 Å². The summed E-state index contributed by atoms with van der Waals surface area (Å²) >= 11 is 0. The highest BCUT2D eigenvalue weighted by Gasteiger charge is 2.19. The minimum absolute atomic E-state index is 0.147. The molecule has 1 N–H and O–H groups in total. The van der Waals surface area contributed by atoms with E-state index >= 15 is 0 Å². The predicted molar refractivity (Wildman–Crippen MR) is 76.0 cm³/mol. The van der Waals surface area contributed by atoms with Crippen LogP contribution in [0.15, 0.2) is 41.3 Å². The van der Waals surface area contributed by atoms with Crippen molar-refractivity contribution in [2.45, 2.75) is 24.8 Å². The van der Waals surface area contributed by atoms with Crippen molar-refractivity contribution in [2.24, 2.45) is 0 Å². The van der Waals surface area contributed by atoms with Gasteiger partial charge in [-0.2, -0.15) is 0 Å². The molecule has 0 atom stereocenters. The minimum atomic E-state index is -3.52. The molecule has 0 radical (unpaired) electrons. The Hall–Kier alpha value is -1.59. The first-order valence-electron chi connectivity index (χ1n) is 6.04. The SMILES string of the molecule is COc1ccc(S(=O)(=O)NC(C)C)c2ccccc12. The molecule has 0 aliphatic carbocycles. The van der Waals surface area contributed by atoms with Crippen LogP contribution in [0.2, 0.25) is 0 Å². The summed E-state index contributed by atoms with van der Waals surface area (Å²) in [5.41, 5.74) is 0. The summed E-state index contributed by atoms with van der Waals surface area (Å²) in [4.78, 5) is 0.276. The molecule has 19 heavy (non-hydrogen) atoms. The maximum Gasteiger partial charge on any atom is 0.241 e. The smallest absolute Gasteiger partial charge is 0.241 e. The van der Waals surface area contributed by atoms with Crippen LogP contribution in [0.1, 0.15) is 13.8 Å². The first kappa shape index (κ1) is 13.8. The van der Waals surface area contributed by atoms with Gasteiger partial charge in [-0.15, -0.1) is 0 Å². The van der Waals surface area contributed by atoms with Crippen molar-refractivity contribution in [1.82, 2.24) is 4.72 Å². The molecule has 0 bridgehead atoms. The van der Waals surface area contributed by atoms with Gasteiger partial charge >= 0.3 is 0 Å². The molecule has 0 aliphatic heterocycles. The third-order valence-corrected chi connectivity index (χ3v) is 4.46. The van der Waals surface area contributed by atoms with Crippen molar-refractivity contribution in [1.29, 1.82) is 0 Å². The summed E-state index contributed by atoms with van der Waals surface area (Å²) < 4.78 is 32.5. The van der Waals surface area contributed by atoms with E-state index in [4.69, 9.17) is 4.74 Å². The molecule has 0 fully saturated rings. The number of sulfonamides is 1. The third-order valence-electron chi connectivity index (χ3n) is 2.74. The molecule has 2 aromatic rings. The van der Waals surface area contributed by atoms with Crippen LogP contribution in [0.4, 0.5) is 0 Å². The van der Waals surface area contributed by atoms with Crippen LogP contribution < -0.4 is 9.46 Å². The number of rotatable bonds is 4. The highest BCUT2D eigenvalue weighted by Crippen LogP contribution is 2.30. The first-order chi connectivity index (χ1) is 8.95. The molecule has 102 valence electrons. The molecular weight excluding hydrogens is 262 g/mol. The zero-order valence-corrected chi connectivity index (χ0v) is 12.0. The lowest BCUT2D eigenvalue weighted by atomic mass is 10.1. The number of fused-ring (bicyclic) bond motifs is 1. The van der Waals surface area contributed by atoms with Gasteiger partial charge in [-0.25, -0.2) is 13.1 Å². The van der Waals surface area contributed by atoms with E-state index in [0.717, 1.165) is 5.39 Å². The second-order valence-electron chi connectivity index (χ2n) is 4.59. The van der Waals surface area contributed by atoms with Gasteiger partial charge in [-0.05, 0) is 26.0 Å². The van der Waals surface area contributed by atoms with Crippen molar-refractivity contribution in [3.05, 3.63) is 36.4 Å². The third kappa shape index (κ3) is 2.72. The Bertz CT molecular complexity index is 693. The van der Waals surface area contributed by atoms with Crippen molar-refractivity contribution >= 4 is 20.8 Å². The van der Waals surface area contributed by atoms with Crippen LogP contribution in [-0.2, 0) is 10.0 Å². The molecule has 4 nitrogen and oxygen atoms in total. The average Bonchev–Trinajstić information content (AvgIpc) is 2.35. The van der Waals surface area contributed by atoms with E-state index in [1.54, 1.807) is 39.2 Å². The van der Waals surface area contributed by atoms with Crippen LogP contribution in [0.5, 0.6) is 5.75 Å². The monoisotopic (exact) mass is 279 g/mol. The molecule has 2 aromatic carbocycles. The highest BCUT2D eigenvalue weighted by molar-refractivity contribution is 7.89. The van der Waals surface area contributed by atoms with Crippen LogP contribution >= 0.6 is 0 Å². The Kier molecular flexibility index (Phi) is 3.78. The number of methoxy groups -OCH3 is 1. The maximum absolute atomic E-state index is 12.3. The molecule has 5 heteroatoms. The summed E-state index contributed by atoms with van der Waals surface area (Å²) in [6.45, 7) is 3.59. The molecule has 0 amide bonds. The van der Waals surface area contributed by atoms with E-state index in [9.17, 15) is 8.42 Å². The fourth-order valence-corrected chi connectivity index (χ4v) is 3.49. The maximum atomic E-state index is 12.3. The highest BCUT2D eigenvalue weighted by atomic mass is 32.2. The Morgan fingerprint density at radius 2 is 1.68 bits per heavy atom. The number of hydrogen-bond acceptors (Lipinski definition) is 3. The summed E-state index contributed by atoms with van der Waals surface area (Å²) in [6, 6.07) is 10.4. The molecule has 2 rings (SSSR count). The van der Waals surface area contributed by atoms with Gasteiger partial charge in [0.1, 0.15) is 5.75 Å². The Labute approximate surface area is 113 Å². The van der Waals surface area contributed by atoms with Gasteiger partial charge in [0, 0.05) is 16.8 Å². The second-order valence-corrected chi connectivity index (χ2v) is 6.27. The summed E-state index contributed by atoms with van der Waals surface area (Å²) in [6.07, 6.45) is 0. The van der Waals surface area contributed by atoms with Gasteiger partial charge in [0.25, 0.3) is 0 Å². The van der Waals surface area contributed by atoms with E-state index in [1.165, 1.54) is 0 Å². The predicted octanol–water partition coefficient (Wildman–Crippen LogP) is 2.54. The number of hydrogen-bond donors (Lipinski definition) is 1. The van der Waals surface area contributed by atoms with E-state index in [-0.39, 0.29) is 10.9 Å². The zero-order chi connectivity index (χ0) is 14.0. The molecule has 0 heterocycles. The molecule has 0 spiro atoms. The Balaban J connectivity index is 2.69. The summed E-state index contributed by atoms with van der Waals surface area (Å²) in [5.74, 6) is 0.666.